The van der Waals surface area contributed by atoms with Crippen LogP contribution in [0.1, 0.15) is 65.2 Å². The number of hydrogen-bond acceptors (Lipinski definition) is 5. The number of nitrogens with one attached hydrogen (secondary N) is 2. The van der Waals surface area contributed by atoms with E-state index in [-0.39, 0.29) is 23.1 Å². The van der Waals surface area contributed by atoms with Crippen LogP contribution in [0.15, 0.2) is 18.2 Å². The summed E-state index contributed by atoms with van der Waals surface area (Å²) in [6.07, 6.45) is 2.36. The molecule has 4 N–H and O–H groups in total. The lowest BCUT2D eigenvalue weighted by Gasteiger charge is -2.29. The standard InChI is InChI=1S/C22H27N5O3/c1-12-20-17(9-22(2,3)10-18(20)28)27(26-12)14-5-6-15(21(23)30)16(8-14)25-13-4-7-19(29)24-11-13/h5-6,8,13,25H,4,7,9-11H2,1-3H3,(H2,23,30)(H,24,29). The van der Waals surface area contributed by atoms with Gasteiger partial charge in [-0.3, -0.25) is 14.4 Å². The molecular weight excluding hydrogens is 382 g/mol. The fraction of sp³-hybridized carbons (Fsp3) is 0.455. The maximum absolute atomic E-state index is 12.7. The maximum Gasteiger partial charge on any atom is 0.250 e. The van der Waals surface area contributed by atoms with E-state index in [4.69, 9.17) is 5.73 Å². The second-order valence-electron chi connectivity index (χ2n) is 9.04. The summed E-state index contributed by atoms with van der Waals surface area (Å²) in [6, 6.07) is 5.33. The third-order valence-electron chi connectivity index (χ3n) is 5.86. The minimum atomic E-state index is -0.529. The molecule has 1 saturated heterocycles. The van der Waals surface area contributed by atoms with Crippen LogP contribution in [0.25, 0.3) is 5.69 Å². The molecule has 1 fully saturated rings. The highest BCUT2D eigenvalue weighted by atomic mass is 16.2. The first-order chi connectivity index (χ1) is 14.1. The van der Waals surface area contributed by atoms with Gasteiger partial charge in [0.15, 0.2) is 5.78 Å². The number of ketones is 1. The van der Waals surface area contributed by atoms with Crippen LogP contribution in [0.4, 0.5) is 5.69 Å². The number of hydrogen-bond donors (Lipinski definition) is 3. The number of fused-ring (bicyclic) bond motifs is 1. The number of aromatic nitrogens is 2. The average Bonchev–Trinajstić information content (AvgIpc) is 2.98. The summed E-state index contributed by atoms with van der Waals surface area (Å²) in [4.78, 5) is 36.1. The van der Waals surface area contributed by atoms with E-state index < -0.39 is 5.91 Å². The van der Waals surface area contributed by atoms with Crippen molar-refractivity contribution in [3.05, 3.63) is 40.7 Å². The molecule has 1 unspecified atom stereocenters. The molecule has 2 aromatic rings. The third-order valence-corrected chi connectivity index (χ3v) is 5.86. The van der Waals surface area contributed by atoms with Gasteiger partial charge in [-0.1, -0.05) is 13.8 Å². The Morgan fingerprint density at radius 1 is 1.30 bits per heavy atom. The summed E-state index contributed by atoms with van der Waals surface area (Å²) in [5.74, 6) is -0.378. The molecule has 8 heteroatoms. The van der Waals surface area contributed by atoms with E-state index >= 15 is 0 Å². The van der Waals surface area contributed by atoms with Crippen molar-refractivity contribution in [2.24, 2.45) is 11.1 Å². The Balaban J connectivity index is 1.74. The van der Waals surface area contributed by atoms with Gasteiger partial charge in [0.25, 0.3) is 5.91 Å². The molecule has 0 bridgehead atoms. The Morgan fingerprint density at radius 3 is 2.73 bits per heavy atom. The Kier molecular flexibility index (Phi) is 4.88. The number of nitrogens with two attached hydrogens (primary N) is 1. The lowest BCUT2D eigenvalue weighted by atomic mass is 9.75. The highest BCUT2D eigenvalue weighted by Crippen LogP contribution is 2.37. The van der Waals surface area contributed by atoms with Crippen LogP contribution in [0, 0.1) is 12.3 Å². The van der Waals surface area contributed by atoms with Crippen LogP contribution >= 0.6 is 0 Å². The van der Waals surface area contributed by atoms with Gasteiger partial charge in [0.2, 0.25) is 5.91 Å². The van der Waals surface area contributed by atoms with Crippen molar-refractivity contribution in [2.75, 3.05) is 11.9 Å². The number of Topliss-reactive ketones (excluding diaryl/α,β-unsaturated/α-hetero) is 1. The van der Waals surface area contributed by atoms with Crippen molar-refractivity contribution in [2.45, 2.75) is 52.5 Å². The van der Waals surface area contributed by atoms with E-state index in [1.54, 1.807) is 12.1 Å². The molecule has 0 radical (unpaired) electrons. The van der Waals surface area contributed by atoms with Gasteiger partial charge in [-0.05, 0) is 43.4 Å². The smallest absolute Gasteiger partial charge is 0.250 e. The van der Waals surface area contributed by atoms with Gasteiger partial charge in [0.1, 0.15) is 0 Å². The summed E-state index contributed by atoms with van der Waals surface area (Å²) in [5, 5.41) is 10.8. The number of carbonyl (C=O) groups excluding carboxylic acids is 3. The molecule has 2 aliphatic rings. The second kappa shape index (κ2) is 7.27. The van der Waals surface area contributed by atoms with Gasteiger partial charge in [-0.25, -0.2) is 4.68 Å². The number of primary amides is 1. The normalized spacial score (nSPS) is 20.4. The largest absolute Gasteiger partial charge is 0.380 e. The van der Waals surface area contributed by atoms with E-state index in [1.165, 1.54) is 0 Å². The fourth-order valence-corrected chi connectivity index (χ4v) is 4.43. The number of aryl methyl sites for hydroxylation is 1. The number of piperidine rings is 1. The van der Waals surface area contributed by atoms with Crippen molar-refractivity contribution in [3.8, 4) is 5.69 Å². The van der Waals surface area contributed by atoms with Gasteiger partial charge in [-0.15, -0.1) is 0 Å². The first-order valence-electron chi connectivity index (χ1n) is 10.2. The first kappa shape index (κ1) is 20.1. The lowest BCUT2D eigenvalue weighted by molar-refractivity contribution is -0.122. The quantitative estimate of drug-likeness (QED) is 0.715. The number of rotatable bonds is 4. The zero-order valence-corrected chi connectivity index (χ0v) is 17.5. The molecule has 0 saturated carbocycles. The number of nitrogens with zero attached hydrogens (tertiary/aromatic N) is 2. The Hall–Kier alpha value is -3.16. The fourth-order valence-electron chi connectivity index (χ4n) is 4.43. The minimum absolute atomic E-state index is 0.00448. The van der Waals surface area contributed by atoms with Crippen molar-refractivity contribution in [1.82, 2.24) is 15.1 Å². The van der Waals surface area contributed by atoms with Gasteiger partial charge in [0, 0.05) is 31.1 Å². The summed E-state index contributed by atoms with van der Waals surface area (Å²) < 4.78 is 1.81. The molecule has 158 valence electrons. The van der Waals surface area contributed by atoms with Crippen LogP contribution in [-0.2, 0) is 11.2 Å². The van der Waals surface area contributed by atoms with E-state index in [0.717, 1.165) is 17.8 Å². The van der Waals surface area contributed by atoms with Crippen LogP contribution in [0.3, 0.4) is 0 Å². The first-order valence-corrected chi connectivity index (χ1v) is 10.2. The van der Waals surface area contributed by atoms with Gasteiger partial charge in [0.05, 0.1) is 28.2 Å². The van der Waals surface area contributed by atoms with Crippen molar-refractivity contribution >= 4 is 23.3 Å². The Morgan fingerprint density at radius 2 is 2.07 bits per heavy atom. The van der Waals surface area contributed by atoms with Crippen LogP contribution in [0.5, 0.6) is 0 Å². The highest BCUT2D eigenvalue weighted by molar-refractivity contribution is 6.00. The third kappa shape index (κ3) is 3.69. The molecule has 4 rings (SSSR count). The SMILES string of the molecule is Cc1nn(-c2ccc(C(N)=O)c(NC3CCC(=O)NC3)c2)c2c1C(=O)CC(C)(C)C2. The Labute approximate surface area is 175 Å². The number of benzene rings is 1. The van der Waals surface area contributed by atoms with E-state index in [2.05, 4.69) is 29.6 Å². The zero-order valence-electron chi connectivity index (χ0n) is 17.5. The minimum Gasteiger partial charge on any atom is -0.380 e. The maximum atomic E-state index is 12.7. The summed E-state index contributed by atoms with van der Waals surface area (Å²) in [6.45, 7) is 6.51. The van der Waals surface area contributed by atoms with E-state index in [1.807, 2.05) is 17.7 Å². The topological polar surface area (TPSA) is 119 Å². The molecule has 8 nitrogen and oxygen atoms in total. The summed E-state index contributed by atoms with van der Waals surface area (Å²) >= 11 is 0. The molecule has 1 aliphatic heterocycles. The molecule has 1 aromatic heterocycles. The molecule has 1 aliphatic carbocycles. The zero-order chi connectivity index (χ0) is 21.6. The van der Waals surface area contributed by atoms with Gasteiger partial charge >= 0.3 is 0 Å². The molecule has 2 amide bonds. The predicted molar refractivity (Wildman–Crippen MR) is 113 cm³/mol. The van der Waals surface area contributed by atoms with E-state index in [0.29, 0.717) is 48.3 Å². The molecule has 0 spiro atoms. The predicted octanol–water partition coefficient (Wildman–Crippen LogP) is 2.13. The molecule has 1 atom stereocenters. The number of anilines is 1. The van der Waals surface area contributed by atoms with Crippen LogP contribution in [-0.4, -0.2) is 40.0 Å². The number of carbonyl (C=O) groups is 3. The number of amides is 2. The summed E-state index contributed by atoms with van der Waals surface area (Å²) in [5.41, 5.74) is 9.51. The van der Waals surface area contributed by atoms with Crippen molar-refractivity contribution < 1.29 is 14.4 Å². The molecular formula is C22H27N5O3. The van der Waals surface area contributed by atoms with E-state index in [9.17, 15) is 14.4 Å². The Bertz CT molecular complexity index is 1040. The van der Waals surface area contributed by atoms with Crippen molar-refractivity contribution in [3.63, 3.8) is 0 Å². The lowest BCUT2D eigenvalue weighted by Crippen LogP contribution is -2.42. The second-order valence-corrected chi connectivity index (χ2v) is 9.04. The molecule has 1 aromatic carbocycles. The average molecular weight is 409 g/mol. The van der Waals surface area contributed by atoms with Crippen molar-refractivity contribution in [1.29, 1.82) is 0 Å². The molecule has 2 heterocycles. The highest BCUT2D eigenvalue weighted by Gasteiger charge is 2.35. The monoisotopic (exact) mass is 409 g/mol. The van der Waals surface area contributed by atoms with Gasteiger partial charge < -0.3 is 16.4 Å². The van der Waals surface area contributed by atoms with Gasteiger partial charge in [-0.2, -0.15) is 5.10 Å². The summed E-state index contributed by atoms with van der Waals surface area (Å²) in [7, 11) is 0. The van der Waals surface area contributed by atoms with Crippen LogP contribution < -0.4 is 16.4 Å². The van der Waals surface area contributed by atoms with Crippen LogP contribution in [0.2, 0.25) is 0 Å². The molecule has 30 heavy (non-hydrogen) atoms.